The van der Waals surface area contributed by atoms with Crippen molar-refractivity contribution < 1.29 is 9.53 Å². The molecule has 0 aliphatic carbocycles. The molecule has 2 aromatic heterocycles. The van der Waals surface area contributed by atoms with E-state index in [0.29, 0.717) is 16.5 Å². The quantitative estimate of drug-likeness (QED) is 0.182. The Balaban J connectivity index is 1.32. The van der Waals surface area contributed by atoms with E-state index in [-0.39, 0.29) is 24.6 Å². The molecule has 2 N–H and O–H groups in total. The van der Waals surface area contributed by atoms with Crippen molar-refractivity contribution in [3.63, 3.8) is 0 Å². The minimum Gasteiger partial charge on any atom is -0.484 e. The SMILES string of the molecule is Cc1cc(C)cc(-n2c(C)cc([C@@H]3[C@H](c4ccccn4)NC(=S)N3c3ccc(NC(=O)COc4ccccc4)cc3)c2C)c1. The molecular weight excluding hydrogens is 566 g/mol. The van der Waals surface area contributed by atoms with E-state index in [9.17, 15) is 4.79 Å². The van der Waals surface area contributed by atoms with E-state index < -0.39 is 0 Å². The fourth-order valence-electron chi connectivity index (χ4n) is 6.08. The van der Waals surface area contributed by atoms with Crippen LogP contribution < -0.4 is 20.3 Å². The van der Waals surface area contributed by atoms with Crippen molar-refractivity contribution in [3.05, 3.63) is 137 Å². The summed E-state index contributed by atoms with van der Waals surface area (Å²) in [6.45, 7) is 8.51. The second kappa shape index (κ2) is 12.3. The van der Waals surface area contributed by atoms with Crippen LogP contribution in [0.2, 0.25) is 0 Å². The Kier molecular flexibility index (Phi) is 8.17. The maximum Gasteiger partial charge on any atom is 0.262 e. The van der Waals surface area contributed by atoms with Crippen LogP contribution in [-0.2, 0) is 4.79 Å². The number of aromatic nitrogens is 2. The Bertz CT molecular complexity index is 1780. The normalized spacial score (nSPS) is 16.1. The predicted molar refractivity (Wildman–Crippen MR) is 180 cm³/mol. The number of para-hydroxylation sites is 1. The highest BCUT2D eigenvalue weighted by atomic mass is 32.1. The van der Waals surface area contributed by atoms with Crippen molar-refractivity contribution >= 4 is 34.6 Å². The fraction of sp³-hybridized carbons (Fsp3) is 0.194. The van der Waals surface area contributed by atoms with Gasteiger partial charge in [0.25, 0.3) is 5.91 Å². The van der Waals surface area contributed by atoms with Crippen molar-refractivity contribution in [1.29, 1.82) is 0 Å². The van der Waals surface area contributed by atoms with Crippen LogP contribution >= 0.6 is 12.2 Å². The minimum atomic E-state index is -0.230. The number of carbonyl (C=O) groups is 1. The van der Waals surface area contributed by atoms with Gasteiger partial charge in [-0.1, -0.05) is 30.3 Å². The first kappa shape index (κ1) is 29.1. The molecule has 3 aromatic carbocycles. The molecule has 1 amide bonds. The van der Waals surface area contributed by atoms with Crippen LogP contribution in [0.5, 0.6) is 5.75 Å². The molecule has 1 aliphatic rings. The molecule has 222 valence electrons. The van der Waals surface area contributed by atoms with E-state index in [1.165, 1.54) is 16.7 Å². The summed E-state index contributed by atoms with van der Waals surface area (Å²) < 4.78 is 7.91. The summed E-state index contributed by atoms with van der Waals surface area (Å²) >= 11 is 5.96. The van der Waals surface area contributed by atoms with Crippen LogP contribution in [0.1, 0.15) is 45.9 Å². The van der Waals surface area contributed by atoms with Crippen molar-refractivity contribution in [1.82, 2.24) is 14.9 Å². The first-order chi connectivity index (χ1) is 21.3. The largest absolute Gasteiger partial charge is 0.484 e. The summed E-state index contributed by atoms with van der Waals surface area (Å²) in [4.78, 5) is 19.4. The van der Waals surface area contributed by atoms with Crippen LogP contribution in [0, 0.1) is 27.7 Å². The third-order valence-electron chi connectivity index (χ3n) is 7.89. The topological polar surface area (TPSA) is 71.4 Å². The standard InChI is InChI=1S/C36H35N5O2S/c1-23-18-24(2)20-29(19-23)40-25(3)21-31(26(40)4)35-34(32-12-8-9-17-37-32)39-36(44)41(35)28-15-13-27(14-16-28)38-33(42)22-43-30-10-6-5-7-11-30/h5-21,34-35H,22H2,1-4H3,(H,38,42)(H,39,44)/t34-,35+/m0/s1. The Labute approximate surface area is 263 Å². The van der Waals surface area contributed by atoms with Crippen molar-refractivity contribution in [3.8, 4) is 11.4 Å². The number of ether oxygens (including phenoxy) is 1. The zero-order valence-corrected chi connectivity index (χ0v) is 26.1. The number of carbonyl (C=O) groups excluding carboxylic acids is 1. The van der Waals surface area contributed by atoms with Gasteiger partial charge in [-0.3, -0.25) is 9.78 Å². The molecule has 2 atom stereocenters. The maximum atomic E-state index is 12.6. The molecule has 44 heavy (non-hydrogen) atoms. The van der Waals surface area contributed by atoms with Gasteiger partial charge in [-0.05, 0) is 123 Å². The highest BCUT2D eigenvalue weighted by Crippen LogP contribution is 2.44. The molecule has 5 aromatic rings. The van der Waals surface area contributed by atoms with Gasteiger partial charge in [-0.15, -0.1) is 0 Å². The lowest BCUT2D eigenvalue weighted by Gasteiger charge is -2.28. The number of pyridine rings is 1. The zero-order chi connectivity index (χ0) is 30.8. The number of aryl methyl sites for hydroxylation is 3. The maximum absolute atomic E-state index is 12.6. The summed E-state index contributed by atoms with van der Waals surface area (Å²) in [5.41, 5.74) is 9.58. The average molecular weight is 602 g/mol. The molecule has 0 saturated carbocycles. The number of amides is 1. The summed E-state index contributed by atoms with van der Waals surface area (Å²) in [7, 11) is 0. The van der Waals surface area contributed by atoms with Crippen LogP contribution in [0.4, 0.5) is 11.4 Å². The Morgan fingerprint density at radius 2 is 1.59 bits per heavy atom. The first-order valence-corrected chi connectivity index (χ1v) is 15.1. The van der Waals surface area contributed by atoms with Gasteiger partial charge in [0.2, 0.25) is 0 Å². The van der Waals surface area contributed by atoms with E-state index in [1.54, 1.807) is 0 Å². The summed E-state index contributed by atoms with van der Waals surface area (Å²) in [5.74, 6) is 0.422. The van der Waals surface area contributed by atoms with Gasteiger partial charge in [-0.2, -0.15) is 0 Å². The molecule has 1 fully saturated rings. The molecule has 0 unspecified atom stereocenters. The second-order valence-electron chi connectivity index (χ2n) is 11.2. The molecule has 8 heteroatoms. The van der Waals surface area contributed by atoms with Gasteiger partial charge in [0.05, 0.1) is 17.8 Å². The van der Waals surface area contributed by atoms with Gasteiger partial charge < -0.3 is 24.8 Å². The van der Waals surface area contributed by atoms with Gasteiger partial charge in [0.1, 0.15) is 5.75 Å². The molecule has 0 radical (unpaired) electrons. The van der Waals surface area contributed by atoms with E-state index in [1.807, 2.05) is 79.0 Å². The van der Waals surface area contributed by atoms with Crippen LogP contribution in [-0.4, -0.2) is 27.2 Å². The van der Waals surface area contributed by atoms with E-state index in [2.05, 4.69) is 72.1 Å². The van der Waals surface area contributed by atoms with Gasteiger partial charge in [0.15, 0.2) is 11.7 Å². The number of anilines is 2. The summed E-state index contributed by atoms with van der Waals surface area (Å²) in [5, 5.41) is 7.10. The van der Waals surface area contributed by atoms with Crippen LogP contribution in [0.25, 0.3) is 5.69 Å². The highest BCUT2D eigenvalue weighted by Gasteiger charge is 2.42. The Morgan fingerprint density at radius 3 is 2.27 bits per heavy atom. The first-order valence-electron chi connectivity index (χ1n) is 14.6. The van der Waals surface area contributed by atoms with Gasteiger partial charge in [0, 0.05) is 34.6 Å². The van der Waals surface area contributed by atoms with Crippen molar-refractivity contribution in [2.45, 2.75) is 39.8 Å². The number of hydrogen-bond donors (Lipinski definition) is 2. The third-order valence-corrected chi connectivity index (χ3v) is 8.21. The summed E-state index contributed by atoms with van der Waals surface area (Å²) in [6.07, 6.45) is 1.82. The van der Waals surface area contributed by atoms with E-state index in [4.69, 9.17) is 21.9 Å². The monoisotopic (exact) mass is 601 g/mol. The zero-order valence-electron chi connectivity index (χ0n) is 25.2. The number of nitrogens with zero attached hydrogens (tertiary/aromatic N) is 3. The molecule has 3 heterocycles. The third kappa shape index (κ3) is 5.94. The lowest BCUT2D eigenvalue weighted by atomic mass is 9.96. The fourth-order valence-corrected chi connectivity index (χ4v) is 6.43. The van der Waals surface area contributed by atoms with Crippen LogP contribution in [0.15, 0.2) is 103 Å². The van der Waals surface area contributed by atoms with Gasteiger partial charge >= 0.3 is 0 Å². The van der Waals surface area contributed by atoms with Crippen LogP contribution in [0.3, 0.4) is 0 Å². The van der Waals surface area contributed by atoms with Crippen molar-refractivity contribution in [2.24, 2.45) is 0 Å². The lowest BCUT2D eigenvalue weighted by Crippen LogP contribution is -2.29. The summed E-state index contributed by atoms with van der Waals surface area (Å²) in [6, 6.07) is 31.6. The Morgan fingerprint density at radius 1 is 0.886 bits per heavy atom. The average Bonchev–Trinajstić information content (AvgIpc) is 3.51. The second-order valence-corrected chi connectivity index (χ2v) is 11.6. The number of nitrogens with one attached hydrogen (secondary N) is 2. The number of thiocarbonyl (C=S) groups is 1. The molecule has 1 saturated heterocycles. The number of hydrogen-bond acceptors (Lipinski definition) is 4. The number of rotatable bonds is 8. The molecule has 6 rings (SSSR count). The Hall–Kier alpha value is -4.95. The smallest absolute Gasteiger partial charge is 0.262 e. The molecule has 0 spiro atoms. The minimum absolute atomic E-state index is 0.0736. The molecule has 1 aliphatic heterocycles. The predicted octanol–water partition coefficient (Wildman–Crippen LogP) is 7.30. The van der Waals surface area contributed by atoms with E-state index >= 15 is 0 Å². The van der Waals surface area contributed by atoms with Crippen molar-refractivity contribution in [2.75, 3.05) is 16.8 Å². The molecule has 0 bridgehead atoms. The molecular formula is C36H35N5O2S. The number of benzene rings is 3. The lowest BCUT2D eigenvalue weighted by molar-refractivity contribution is -0.118. The molecule has 7 nitrogen and oxygen atoms in total. The highest BCUT2D eigenvalue weighted by molar-refractivity contribution is 7.80. The van der Waals surface area contributed by atoms with Gasteiger partial charge in [-0.25, -0.2) is 0 Å². The van der Waals surface area contributed by atoms with E-state index in [0.717, 1.165) is 28.5 Å².